The largest absolute Gasteiger partial charge is 0.496 e. The number of anilines is 1. The molecule has 156 valence electrons. The van der Waals surface area contributed by atoms with Crippen LogP contribution in [0.25, 0.3) is 11.3 Å². The molecule has 0 aliphatic heterocycles. The number of halogens is 1. The van der Waals surface area contributed by atoms with E-state index in [1.54, 1.807) is 37.6 Å². The van der Waals surface area contributed by atoms with Crippen LogP contribution in [0.2, 0.25) is 0 Å². The number of thioether (sulfide) groups is 1. The molecule has 0 aliphatic carbocycles. The first kappa shape index (κ1) is 21.0. The maximum absolute atomic E-state index is 13.1. The third-order valence-corrected chi connectivity index (χ3v) is 6.25. The molecule has 0 bridgehead atoms. The van der Waals surface area contributed by atoms with Crippen molar-refractivity contribution in [3.05, 3.63) is 89.2 Å². The molecule has 5 nitrogen and oxygen atoms in total. The molecule has 0 atom stereocenters. The zero-order valence-electron chi connectivity index (χ0n) is 16.5. The minimum absolute atomic E-state index is 0.275. The number of methoxy groups -OCH3 is 1. The quantitative estimate of drug-likeness (QED) is 0.355. The number of benzene rings is 2. The van der Waals surface area contributed by atoms with E-state index in [1.165, 1.54) is 35.2 Å². The van der Waals surface area contributed by atoms with E-state index in [4.69, 9.17) is 4.74 Å². The van der Waals surface area contributed by atoms with Gasteiger partial charge in [0.25, 0.3) is 5.91 Å². The Labute approximate surface area is 187 Å². The summed E-state index contributed by atoms with van der Waals surface area (Å²) in [6.45, 7) is 0. The molecule has 0 unspecified atom stereocenters. The summed E-state index contributed by atoms with van der Waals surface area (Å²) in [5.74, 6) is 0.739. The molecule has 4 aromatic rings. The Balaban J connectivity index is 1.48. The molecule has 0 aliphatic rings. The van der Waals surface area contributed by atoms with Crippen LogP contribution in [0, 0.1) is 5.82 Å². The van der Waals surface area contributed by atoms with Gasteiger partial charge in [0.05, 0.1) is 18.4 Å². The fourth-order valence-corrected chi connectivity index (χ4v) is 4.54. The number of carbonyl (C=O) groups excluding carboxylic acids is 1. The summed E-state index contributed by atoms with van der Waals surface area (Å²) in [4.78, 5) is 21.8. The highest BCUT2D eigenvalue weighted by Crippen LogP contribution is 2.32. The van der Waals surface area contributed by atoms with E-state index in [-0.39, 0.29) is 11.7 Å². The van der Waals surface area contributed by atoms with Crippen LogP contribution in [0.4, 0.5) is 9.52 Å². The smallest absolute Gasteiger partial charge is 0.260 e. The number of thiazole rings is 1. The molecule has 0 saturated heterocycles. The van der Waals surface area contributed by atoms with Crippen LogP contribution >= 0.6 is 23.1 Å². The van der Waals surface area contributed by atoms with Gasteiger partial charge in [0.1, 0.15) is 16.6 Å². The average molecular weight is 452 g/mol. The highest BCUT2D eigenvalue weighted by molar-refractivity contribution is 7.98. The number of carbonyl (C=O) groups is 1. The molecule has 2 heterocycles. The van der Waals surface area contributed by atoms with Crippen molar-refractivity contribution in [2.24, 2.45) is 0 Å². The lowest BCUT2D eigenvalue weighted by Crippen LogP contribution is -2.13. The van der Waals surface area contributed by atoms with E-state index >= 15 is 0 Å². The first-order valence-electron chi connectivity index (χ1n) is 9.36. The number of hydrogen-bond donors (Lipinski definition) is 1. The second kappa shape index (κ2) is 9.72. The van der Waals surface area contributed by atoms with E-state index in [0.717, 1.165) is 22.6 Å². The summed E-state index contributed by atoms with van der Waals surface area (Å²) in [6, 6.07) is 17.3. The highest BCUT2D eigenvalue weighted by Gasteiger charge is 2.16. The molecule has 0 saturated carbocycles. The number of ether oxygens (including phenoxy) is 1. The van der Waals surface area contributed by atoms with Crippen LogP contribution in [0.5, 0.6) is 5.75 Å². The van der Waals surface area contributed by atoms with Crippen molar-refractivity contribution in [3.63, 3.8) is 0 Å². The molecule has 31 heavy (non-hydrogen) atoms. The predicted octanol–water partition coefficient (Wildman–Crippen LogP) is 5.90. The molecule has 0 radical (unpaired) electrons. The first-order valence-corrected chi connectivity index (χ1v) is 11.2. The van der Waals surface area contributed by atoms with Crippen molar-refractivity contribution in [2.45, 2.75) is 10.8 Å². The fourth-order valence-electron chi connectivity index (χ4n) is 2.89. The summed E-state index contributed by atoms with van der Waals surface area (Å²) in [7, 11) is 1.61. The minimum atomic E-state index is -0.282. The minimum Gasteiger partial charge on any atom is -0.496 e. The number of amides is 1. The molecule has 1 amide bonds. The van der Waals surface area contributed by atoms with E-state index in [9.17, 15) is 9.18 Å². The van der Waals surface area contributed by atoms with Crippen molar-refractivity contribution in [3.8, 4) is 17.0 Å². The zero-order valence-corrected chi connectivity index (χ0v) is 18.2. The van der Waals surface area contributed by atoms with Crippen molar-refractivity contribution < 1.29 is 13.9 Å². The van der Waals surface area contributed by atoms with Crippen molar-refractivity contribution in [2.75, 3.05) is 12.4 Å². The Morgan fingerprint density at radius 2 is 1.94 bits per heavy atom. The lowest BCUT2D eigenvalue weighted by Gasteiger charge is -2.08. The summed E-state index contributed by atoms with van der Waals surface area (Å²) >= 11 is 2.77. The topological polar surface area (TPSA) is 64.1 Å². The number of para-hydroxylation sites is 1. The maximum Gasteiger partial charge on any atom is 0.260 e. The summed E-state index contributed by atoms with van der Waals surface area (Å²) in [6.07, 6.45) is 1.65. The molecule has 4 rings (SSSR count). The SMILES string of the molecule is COc1ccccc1-c1csc(NC(=O)c2cccnc2SCc2ccc(F)cc2)n1. The van der Waals surface area contributed by atoms with Crippen LogP contribution in [0.15, 0.2) is 77.3 Å². The highest BCUT2D eigenvalue weighted by atomic mass is 32.2. The van der Waals surface area contributed by atoms with Gasteiger partial charge < -0.3 is 4.74 Å². The van der Waals surface area contributed by atoms with Crippen LogP contribution in [0.3, 0.4) is 0 Å². The van der Waals surface area contributed by atoms with Gasteiger partial charge in [0.2, 0.25) is 0 Å². The normalized spacial score (nSPS) is 10.6. The van der Waals surface area contributed by atoms with Crippen LogP contribution in [0.1, 0.15) is 15.9 Å². The summed E-state index contributed by atoms with van der Waals surface area (Å²) in [5.41, 5.74) is 3.00. The van der Waals surface area contributed by atoms with Gasteiger partial charge in [-0.1, -0.05) is 24.3 Å². The van der Waals surface area contributed by atoms with Crippen molar-refractivity contribution >= 4 is 34.1 Å². The predicted molar refractivity (Wildman–Crippen MR) is 122 cm³/mol. The number of hydrogen-bond acceptors (Lipinski definition) is 6. The second-order valence-electron chi connectivity index (χ2n) is 6.46. The molecule has 0 fully saturated rings. The Bertz CT molecular complexity index is 1200. The van der Waals surface area contributed by atoms with Crippen LogP contribution in [-0.2, 0) is 5.75 Å². The van der Waals surface area contributed by atoms with Gasteiger partial charge in [-0.3, -0.25) is 10.1 Å². The van der Waals surface area contributed by atoms with Crippen molar-refractivity contribution in [1.82, 2.24) is 9.97 Å². The Kier molecular flexibility index (Phi) is 6.59. The maximum atomic E-state index is 13.1. The summed E-state index contributed by atoms with van der Waals surface area (Å²) < 4.78 is 18.5. The number of rotatable bonds is 7. The van der Waals surface area contributed by atoms with Gasteiger partial charge in [-0.05, 0) is 42.0 Å². The van der Waals surface area contributed by atoms with Crippen LogP contribution in [-0.4, -0.2) is 23.0 Å². The first-order chi connectivity index (χ1) is 15.1. The molecular weight excluding hydrogens is 433 g/mol. The van der Waals surface area contributed by atoms with E-state index in [0.29, 0.717) is 21.5 Å². The summed E-state index contributed by atoms with van der Waals surface area (Å²) in [5, 5.41) is 5.83. The number of nitrogens with zero attached hydrogens (tertiary/aromatic N) is 2. The second-order valence-corrected chi connectivity index (χ2v) is 8.29. The number of pyridine rings is 1. The van der Waals surface area contributed by atoms with Gasteiger partial charge in [-0.25, -0.2) is 14.4 Å². The van der Waals surface area contributed by atoms with Gasteiger partial charge in [0.15, 0.2) is 5.13 Å². The molecule has 2 aromatic carbocycles. The monoisotopic (exact) mass is 451 g/mol. The van der Waals surface area contributed by atoms with Gasteiger partial charge in [-0.15, -0.1) is 23.1 Å². The lowest BCUT2D eigenvalue weighted by molar-refractivity contribution is 0.102. The molecule has 1 N–H and O–H groups in total. The van der Waals surface area contributed by atoms with Gasteiger partial charge >= 0.3 is 0 Å². The van der Waals surface area contributed by atoms with E-state index < -0.39 is 0 Å². The lowest BCUT2D eigenvalue weighted by atomic mass is 10.1. The average Bonchev–Trinajstić information content (AvgIpc) is 3.27. The Hall–Kier alpha value is -3.23. The zero-order chi connectivity index (χ0) is 21.6. The third-order valence-electron chi connectivity index (χ3n) is 4.41. The molecule has 8 heteroatoms. The standard InChI is InChI=1S/C23H18FN3O2S2/c1-29-20-7-3-2-5-17(20)19-14-31-23(26-19)27-21(28)18-6-4-12-25-22(18)30-13-15-8-10-16(24)11-9-15/h2-12,14H,13H2,1H3,(H,26,27,28). The van der Waals surface area contributed by atoms with Gasteiger partial charge in [-0.2, -0.15) is 0 Å². The number of nitrogens with one attached hydrogen (secondary N) is 1. The molecule has 0 spiro atoms. The molecule has 2 aromatic heterocycles. The Morgan fingerprint density at radius 3 is 2.74 bits per heavy atom. The third kappa shape index (κ3) is 5.10. The van der Waals surface area contributed by atoms with Gasteiger partial charge in [0, 0.05) is 22.9 Å². The Morgan fingerprint density at radius 1 is 1.13 bits per heavy atom. The van der Waals surface area contributed by atoms with Crippen molar-refractivity contribution in [1.29, 1.82) is 0 Å². The van der Waals surface area contributed by atoms with Crippen LogP contribution < -0.4 is 10.1 Å². The molecular formula is C23H18FN3O2S2. The number of aromatic nitrogens is 2. The fraction of sp³-hybridized carbons (Fsp3) is 0.0870. The van der Waals surface area contributed by atoms with E-state index in [2.05, 4.69) is 15.3 Å². The van der Waals surface area contributed by atoms with E-state index in [1.807, 2.05) is 29.6 Å².